The summed E-state index contributed by atoms with van der Waals surface area (Å²) in [6, 6.07) is 3.60. The van der Waals surface area contributed by atoms with E-state index in [1.807, 2.05) is 0 Å². The van der Waals surface area contributed by atoms with Crippen molar-refractivity contribution in [1.82, 2.24) is 15.1 Å². The van der Waals surface area contributed by atoms with Crippen molar-refractivity contribution in [2.45, 2.75) is 19.9 Å². The molecule has 1 aliphatic rings. The number of halogens is 2. The van der Waals surface area contributed by atoms with Crippen LogP contribution in [0.25, 0.3) is 0 Å². The Morgan fingerprint density at radius 1 is 1.17 bits per heavy atom. The second-order valence-electron chi connectivity index (χ2n) is 5.18. The fourth-order valence-corrected chi connectivity index (χ4v) is 2.90. The molecule has 5 amide bonds. The molecule has 1 heterocycles. The molecule has 2 rings (SSSR count). The summed E-state index contributed by atoms with van der Waals surface area (Å²) in [6.07, 6.45) is 0. The Morgan fingerprint density at radius 3 is 2.33 bits per heavy atom. The van der Waals surface area contributed by atoms with Crippen LogP contribution in [0.3, 0.4) is 0 Å². The zero-order valence-corrected chi connectivity index (χ0v) is 14.5. The van der Waals surface area contributed by atoms with Gasteiger partial charge < -0.3 is 5.32 Å². The van der Waals surface area contributed by atoms with E-state index in [1.54, 1.807) is 32.0 Å². The van der Waals surface area contributed by atoms with Crippen molar-refractivity contribution in [3.63, 3.8) is 0 Å². The summed E-state index contributed by atoms with van der Waals surface area (Å²) in [5.41, 5.74) is 0.639. The predicted molar refractivity (Wildman–Crippen MR) is 87.5 cm³/mol. The lowest BCUT2D eigenvalue weighted by Crippen LogP contribution is -2.42. The molecule has 0 aliphatic carbocycles. The molecule has 1 aromatic carbocycles. The van der Waals surface area contributed by atoms with Gasteiger partial charge in [0.25, 0.3) is 0 Å². The number of benzene rings is 1. The fraction of sp³-hybridized carbons (Fsp3) is 0.333. The number of urea groups is 1. The van der Waals surface area contributed by atoms with Crippen LogP contribution in [0.15, 0.2) is 18.2 Å². The van der Waals surface area contributed by atoms with Crippen molar-refractivity contribution in [1.29, 1.82) is 0 Å². The molecule has 0 bridgehead atoms. The van der Waals surface area contributed by atoms with Gasteiger partial charge in [-0.15, -0.1) is 0 Å². The first-order valence-corrected chi connectivity index (χ1v) is 7.93. The molecule has 0 radical (unpaired) electrons. The number of likely N-dealkylation sites (N-methyl/N-ethyl adjacent to an activating group) is 1. The lowest BCUT2D eigenvalue weighted by molar-refractivity contribution is -0.144. The number of nitrogens with zero attached hydrogens (tertiary/aromatic N) is 2. The number of hydrogen-bond donors (Lipinski definition) is 1. The SMILES string of the molecule is CCN1C(=O)C(=O)N(CC(=O)N[C@H](C)c2ccc(Cl)cc2Cl)C1=O. The predicted octanol–water partition coefficient (Wildman–Crippen LogP) is 1.98. The summed E-state index contributed by atoms with van der Waals surface area (Å²) < 4.78 is 0. The number of hydrogen-bond acceptors (Lipinski definition) is 4. The molecule has 1 aliphatic heterocycles. The number of imide groups is 2. The third kappa shape index (κ3) is 3.52. The lowest BCUT2D eigenvalue weighted by Gasteiger charge is -2.18. The molecule has 0 spiro atoms. The van der Waals surface area contributed by atoms with E-state index in [1.165, 1.54) is 0 Å². The molecule has 1 N–H and O–H groups in total. The van der Waals surface area contributed by atoms with Gasteiger partial charge in [0.15, 0.2) is 0 Å². The summed E-state index contributed by atoms with van der Waals surface area (Å²) in [4.78, 5) is 48.8. The van der Waals surface area contributed by atoms with Gasteiger partial charge in [0.05, 0.1) is 6.04 Å². The van der Waals surface area contributed by atoms with E-state index >= 15 is 0 Å². The zero-order valence-electron chi connectivity index (χ0n) is 13.0. The van der Waals surface area contributed by atoms with Gasteiger partial charge in [-0.3, -0.25) is 19.3 Å². The van der Waals surface area contributed by atoms with Crippen molar-refractivity contribution in [2.24, 2.45) is 0 Å². The van der Waals surface area contributed by atoms with E-state index in [2.05, 4.69) is 5.32 Å². The van der Waals surface area contributed by atoms with Gasteiger partial charge in [-0.05, 0) is 31.5 Å². The third-order valence-electron chi connectivity index (χ3n) is 3.56. The van der Waals surface area contributed by atoms with Crippen molar-refractivity contribution in [2.75, 3.05) is 13.1 Å². The molecule has 0 saturated carbocycles. The van der Waals surface area contributed by atoms with Crippen LogP contribution in [0.1, 0.15) is 25.5 Å². The third-order valence-corrected chi connectivity index (χ3v) is 4.12. The highest BCUT2D eigenvalue weighted by Gasteiger charge is 2.44. The standard InChI is InChI=1S/C15H15Cl2N3O4/c1-3-19-13(22)14(23)20(15(19)24)7-12(21)18-8(2)10-5-4-9(16)6-11(10)17/h4-6,8H,3,7H2,1-2H3,(H,18,21)/t8-/m1/s1. The van der Waals surface area contributed by atoms with E-state index in [-0.39, 0.29) is 6.54 Å². The smallest absolute Gasteiger partial charge is 0.334 e. The van der Waals surface area contributed by atoms with Gasteiger partial charge in [-0.2, -0.15) is 0 Å². The molecule has 1 atom stereocenters. The van der Waals surface area contributed by atoms with Crippen LogP contribution >= 0.6 is 23.2 Å². The monoisotopic (exact) mass is 371 g/mol. The van der Waals surface area contributed by atoms with Crippen molar-refractivity contribution >= 4 is 47.0 Å². The first-order chi connectivity index (χ1) is 11.3. The maximum absolute atomic E-state index is 12.1. The Labute approximate surface area is 148 Å². The number of carbonyl (C=O) groups excluding carboxylic acids is 4. The second-order valence-corrected chi connectivity index (χ2v) is 6.02. The highest BCUT2D eigenvalue weighted by molar-refractivity contribution is 6.45. The Morgan fingerprint density at radius 2 is 1.79 bits per heavy atom. The van der Waals surface area contributed by atoms with Gasteiger partial charge in [0.1, 0.15) is 6.54 Å². The first-order valence-electron chi connectivity index (χ1n) is 7.17. The Balaban J connectivity index is 2.04. The molecule has 9 heteroatoms. The minimum atomic E-state index is -1.01. The van der Waals surface area contributed by atoms with Crippen LogP contribution in [-0.2, 0) is 14.4 Å². The van der Waals surface area contributed by atoms with Gasteiger partial charge in [0, 0.05) is 16.6 Å². The summed E-state index contributed by atoms with van der Waals surface area (Å²) in [5, 5.41) is 3.48. The Hall–Kier alpha value is -2.12. The normalized spacial score (nSPS) is 15.9. The topological polar surface area (TPSA) is 86.8 Å². The largest absolute Gasteiger partial charge is 0.348 e. The second kappa shape index (κ2) is 7.19. The molecule has 1 saturated heterocycles. The van der Waals surface area contributed by atoms with Crippen LogP contribution < -0.4 is 5.32 Å². The summed E-state index contributed by atoms with van der Waals surface area (Å²) >= 11 is 11.9. The molecule has 7 nitrogen and oxygen atoms in total. The number of rotatable bonds is 5. The van der Waals surface area contributed by atoms with Crippen LogP contribution in [0, 0.1) is 0 Å². The highest BCUT2D eigenvalue weighted by Crippen LogP contribution is 2.26. The molecular formula is C15H15Cl2N3O4. The maximum atomic E-state index is 12.1. The highest BCUT2D eigenvalue weighted by atomic mass is 35.5. The summed E-state index contributed by atoms with van der Waals surface area (Å²) in [7, 11) is 0. The van der Waals surface area contributed by atoms with Crippen molar-refractivity contribution < 1.29 is 19.2 Å². The van der Waals surface area contributed by atoms with Crippen molar-refractivity contribution in [3.8, 4) is 0 Å². The zero-order chi connectivity index (χ0) is 18.0. The molecule has 0 unspecified atom stereocenters. The van der Waals surface area contributed by atoms with E-state index in [4.69, 9.17) is 23.2 Å². The first kappa shape index (κ1) is 18.2. The molecule has 1 fully saturated rings. The van der Waals surface area contributed by atoms with Gasteiger partial charge in [-0.1, -0.05) is 29.3 Å². The average molecular weight is 372 g/mol. The van der Waals surface area contributed by atoms with Crippen LogP contribution in [0.2, 0.25) is 10.0 Å². The number of carbonyl (C=O) groups is 4. The van der Waals surface area contributed by atoms with E-state index in [0.717, 1.165) is 4.90 Å². The average Bonchev–Trinajstić information content (AvgIpc) is 2.70. The van der Waals surface area contributed by atoms with E-state index < -0.39 is 36.3 Å². The maximum Gasteiger partial charge on any atom is 0.334 e. The quantitative estimate of drug-likeness (QED) is 0.633. The molecule has 24 heavy (non-hydrogen) atoms. The summed E-state index contributed by atoms with van der Waals surface area (Å²) in [6.45, 7) is 2.80. The van der Waals surface area contributed by atoms with Crippen LogP contribution in [0.4, 0.5) is 4.79 Å². The Kier molecular flexibility index (Phi) is 5.46. The summed E-state index contributed by atoms with van der Waals surface area (Å²) in [5.74, 6) is -2.51. The Bertz CT molecular complexity index is 723. The van der Waals surface area contributed by atoms with E-state index in [0.29, 0.717) is 20.5 Å². The van der Waals surface area contributed by atoms with Crippen LogP contribution in [0.5, 0.6) is 0 Å². The number of nitrogens with one attached hydrogen (secondary N) is 1. The lowest BCUT2D eigenvalue weighted by atomic mass is 10.1. The van der Waals surface area contributed by atoms with Gasteiger partial charge in [0.2, 0.25) is 5.91 Å². The number of amides is 5. The molecule has 128 valence electrons. The van der Waals surface area contributed by atoms with Crippen LogP contribution in [-0.4, -0.2) is 46.6 Å². The van der Waals surface area contributed by atoms with Gasteiger partial charge >= 0.3 is 17.8 Å². The minimum Gasteiger partial charge on any atom is -0.348 e. The van der Waals surface area contributed by atoms with Gasteiger partial charge in [-0.25, -0.2) is 9.69 Å². The van der Waals surface area contributed by atoms with E-state index in [9.17, 15) is 19.2 Å². The minimum absolute atomic E-state index is 0.0678. The molecular weight excluding hydrogens is 357 g/mol. The molecule has 0 aromatic heterocycles. The van der Waals surface area contributed by atoms with Crippen molar-refractivity contribution in [3.05, 3.63) is 33.8 Å². The fourth-order valence-electron chi connectivity index (χ4n) is 2.33. The molecule has 1 aromatic rings.